The van der Waals surface area contributed by atoms with Gasteiger partial charge in [0.25, 0.3) is 5.91 Å². The fraction of sp³-hybridized carbons (Fsp3) is 0.273. The van der Waals surface area contributed by atoms with Crippen LogP contribution in [0, 0.1) is 0 Å². The van der Waals surface area contributed by atoms with Crippen molar-refractivity contribution in [3.05, 3.63) is 68.0 Å². The topological polar surface area (TPSA) is 89.2 Å². The highest BCUT2D eigenvalue weighted by molar-refractivity contribution is 9.10. The van der Waals surface area contributed by atoms with E-state index in [0.29, 0.717) is 29.7 Å². The second-order valence-corrected chi connectivity index (χ2v) is 7.78. The summed E-state index contributed by atoms with van der Waals surface area (Å²) in [4.78, 5) is 28.2. The summed E-state index contributed by atoms with van der Waals surface area (Å²) in [5, 5.41) is 10.5. The molecule has 1 aromatic heterocycles. The van der Waals surface area contributed by atoms with Crippen molar-refractivity contribution >= 4 is 32.8 Å². The number of fused-ring (bicyclic) bond motifs is 2. The van der Waals surface area contributed by atoms with Gasteiger partial charge in [0.05, 0.1) is 30.2 Å². The van der Waals surface area contributed by atoms with Crippen molar-refractivity contribution in [2.75, 3.05) is 26.9 Å². The molecule has 3 aromatic rings. The van der Waals surface area contributed by atoms with Crippen molar-refractivity contribution in [1.29, 1.82) is 0 Å². The average Bonchev–Trinajstić information content (AvgIpc) is 3.01. The number of carbonyl (C=O) groups is 1. The van der Waals surface area contributed by atoms with Crippen LogP contribution in [-0.2, 0) is 4.74 Å². The summed E-state index contributed by atoms with van der Waals surface area (Å²) >= 11 is 3.38. The maximum atomic E-state index is 13.4. The van der Waals surface area contributed by atoms with Crippen LogP contribution in [0.15, 0.2) is 50.1 Å². The molecular formula is C22H20BrNO6. The van der Waals surface area contributed by atoms with Gasteiger partial charge in [-0.15, -0.1) is 0 Å². The number of rotatable bonds is 6. The highest BCUT2D eigenvalue weighted by atomic mass is 79.9. The van der Waals surface area contributed by atoms with Crippen molar-refractivity contribution in [3.63, 3.8) is 0 Å². The molecule has 0 saturated carbocycles. The Morgan fingerprint density at radius 3 is 2.73 bits per heavy atom. The number of ether oxygens (including phenoxy) is 2. The van der Waals surface area contributed by atoms with E-state index < -0.39 is 6.04 Å². The third kappa shape index (κ3) is 3.36. The first-order valence-electron chi connectivity index (χ1n) is 9.48. The first-order chi connectivity index (χ1) is 14.5. The standard InChI is InChI=1S/C22H20BrNO6/c1-3-29-17-10-12(4-6-15(17)25)19-18-20(26)14-11-13(23)5-7-16(14)30-21(18)22(27)24(19)8-9-28-2/h4-7,10-11,19,25H,3,8-9H2,1-2H3. The molecule has 2 heterocycles. The van der Waals surface area contributed by atoms with Gasteiger partial charge >= 0.3 is 0 Å². The highest BCUT2D eigenvalue weighted by Crippen LogP contribution is 2.40. The lowest BCUT2D eigenvalue weighted by molar-refractivity contribution is 0.0663. The van der Waals surface area contributed by atoms with Gasteiger partial charge in [-0.05, 0) is 42.8 Å². The van der Waals surface area contributed by atoms with Crippen LogP contribution in [0.5, 0.6) is 11.5 Å². The van der Waals surface area contributed by atoms with Crippen LogP contribution < -0.4 is 10.2 Å². The number of carbonyl (C=O) groups excluding carboxylic acids is 1. The van der Waals surface area contributed by atoms with Gasteiger partial charge in [-0.1, -0.05) is 22.0 Å². The molecule has 0 saturated heterocycles. The quantitative estimate of drug-likeness (QED) is 0.584. The van der Waals surface area contributed by atoms with E-state index in [0.717, 1.165) is 4.47 Å². The van der Waals surface area contributed by atoms with Gasteiger partial charge in [0.15, 0.2) is 16.9 Å². The third-order valence-electron chi connectivity index (χ3n) is 5.06. The van der Waals surface area contributed by atoms with E-state index in [1.807, 2.05) is 6.92 Å². The minimum Gasteiger partial charge on any atom is -0.504 e. The van der Waals surface area contributed by atoms with E-state index in [4.69, 9.17) is 13.9 Å². The van der Waals surface area contributed by atoms with Crippen LogP contribution in [0.4, 0.5) is 0 Å². The molecule has 30 heavy (non-hydrogen) atoms. The Morgan fingerprint density at radius 2 is 2.00 bits per heavy atom. The zero-order valence-corrected chi connectivity index (χ0v) is 18.1. The van der Waals surface area contributed by atoms with Crippen molar-refractivity contribution < 1.29 is 23.8 Å². The molecule has 1 N–H and O–H groups in total. The van der Waals surface area contributed by atoms with Gasteiger partial charge in [-0.25, -0.2) is 0 Å². The van der Waals surface area contributed by atoms with Crippen molar-refractivity contribution in [2.45, 2.75) is 13.0 Å². The smallest absolute Gasteiger partial charge is 0.290 e. The van der Waals surface area contributed by atoms with Crippen LogP contribution in [0.2, 0.25) is 0 Å². The summed E-state index contributed by atoms with van der Waals surface area (Å²) in [6.45, 7) is 2.75. The first kappa shape index (κ1) is 20.4. The molecule has 2 aromatic carbocycles. The molecule has 0 spiro atoms. The molecule has 1 unspecified atom stereocenters. The van der Waals surface area contributed by atoms with E-state index in [9.17, 15) is 14.7 Å². The molecular weight excluding hydrogens is 454 g/mol. The number of hydrogen-bond donors (Lipinski definition) is 1. The number of phenolic OH excluding ortho intramolecular Hbond substituents is 1. The van der Waals surface area contributed by atoms with Gasteiger partial charge in [0, 0.05) is 18.1 Å². The molecule has 1 aliphatic heterocycles. The fourth-order valence-corrected chi connectivity index (χ4v) is 4.09. The Balaban J connectivity index is 1.95. The number of halogens is 1. The van der Waals surface area contributed by atoms with Gasteiger partial charge in [-0.3, -0.25) is 9.59 Å². The summed E-state index contributed by atoms with van der Waals surface area (Å²) in [5.41, 5.74) is 0.996. The molecule has 1 amide bonds. The maximum absolute atomic E-state index is 13.4. The number of amides is 1. The third-order valence-corrected chi connectivity index (χ3v) is 5.56. The van der Waals surface area contributed by atoms with Crippen LogP contribution in [0.25, 0.3) is 11.0 Å². The van der Waals surface area contributed by atoms with Gasteiger partial charge in [0.1, 0.15) is 5.58 Å². The van der Waals surface area contributed by atoms with Gasteiger partial charge < -0.3 is 23.9 Å². The summed E-state index contributed by atoms with van der Waals surface area (Å²) in [5.74, 6) is -0.0689. The summed E-state index contributed by atoms with van der Waals surface area (Å²) in [7, 11) is 1.55. The molecule has 1 aliphatic rings. The Bertz CT molecular complexity index is 1190. The highest BCUT2D eigenvalue weighted by Gasteiger charge is 2.42. The number of nitrogens with zero attached hydrogens (tertiary/aromatic N) is 1. The zero-order valence-electron chi connectivity index (χ0n) is 16.5. The van der Waals surface area contributed by atoms with E-state index in [-0.39, 0.29) is 40.7 Å². The van der Waals surface area contributed by atoms with Crippen molar-refractivity contribution in [1.82, 2.24) is 4.90 Å². The van der Waals surface area contributed by atoms with Crippen molar-refractivity contribution in [2.24, 2.45) is 0 Å². The monoisotopic (exact) mass is 473 g/mol. The second kappa shape index (κ2) is 8.12. The number of phenols is 1. The minimum absolute atomic E-state index is 0.0111. The molecule has 0 bridgehead atoms. The fourth-order valence-electron chi connectivity index (χ4n) is 3.73. The maximum Gasteiger partial charge on any atom is 0.290 e. The molecule has 4 rings (SSSR count). The Kier molecular flexibility index (Phi) is 5.53. The number of hydrogen-bond acceptors (Lipinski definition) is 6. The molecule has 1 atom stereocenters. The molecule has 7 nitrogen and oxygen atoms in total. The molecule has 156 valence electrons. The van der Waals surface area contributed by atoms with Gasteiger partial charge in [0.2, 0.25) is 5.76 Å². The molecule has 0 radical (unpaired) electrons. The Labute approximate surface area is 180 Å². The van der Waals surface area contributed by atoms with Gasteiger partial charge in [-0.2, -0.15) is 0 Å². The van der Waals surface area contributed by atoms with E-state index >= 15 is 0 Å². The number of aromatic hydroxyl groups is 1. The van der Waals surface area contributed by atoms with Crippen LogP contribution in [0.3, 0.4) is 0 Å². The summed E-state index contributed by atoms with van der Waals surface area (Å²) in [6, 6.07) is 9.24. The zero-order chi connectivity index (χ0) is 21.4. The minimum atomic E-state index is -0.679. The molecule has 0 aliphatic carbocycles. The lowest BCUT2D eigenvalue weighted by Crippen LogP contribution is -2.32. The van der Waals surface area contributed by atoms with E-state index in [1.54, 1.807) is 42.3 Å². The lowest BCUT2D eigenvalue weighted by atomic mass is 9.98. The number of methoxy groups -OCH3 is 1. The number of benzene rings is 2. The second-order valence-electron chi connectivity index (χ2n) is 6.87. The first-order valence-corrected chi connectivity index (χ1v) is 10.3. The van der Waals surface area contributed by atoms with E-state index in [2.05, 4.69) is 15.9 Å². The van der Waals surface area contributed by atoms with Crippen LogP contribution >= 0.6 is 15.9 Å². The predicted octanol–water partition coefficient (Wildman–Crippen LogP) is 3.85. The molecule has 0 fully saturated rings. The van der Waals surface area contributed by atoms with E-state index in [1.165, 1.54) is 6.07 Å². The lowest BCUT2D eigenvalue weighted by Gasteiger charge is -2.25. The SMILES string of the molecule is CCOc1cc(C2c3c(oc4ccc(Br)cc4c3=O)C(=O)N2CCOC)ccc1O. The Hall–Kier alpha value is -2.84. The predicted molar refractivity (Wildman–Crippen MR) is 114 cm³/mol. The summed E-state index contributed by atoms with van der Waals surface area (Å²) < 4.78 is 17.3. The normalized spacial score (nSPS) is 15.6. The average molecular weight is 474 g/mol. The molecule has 8 heteroatoms. The largest absolute Gasteiger partial charge is 0.504 e. The van der Waals surface area contributed by atoms with Crippen LogP contribution in [-0.4, -0.2) is 42.8 Å². The Morgan fingerprint density at radius 1 is 1.20 bits per heavy atom. The van der Waals surface area contributed by atoms with Crippen molar-refractivity contribution in [3.8, 4) is 11.5 Å². The van der Waals surface area contributed by atoms with Crippen LogP contribution in [0.1, 0.15) is 34.6 Å². The summed E-state index contributed by atoms with van der Waals surface area (Å²) in [6.07, 6.45) is 0.